The number of hydrogen-bond acceptors (Lipinski definition) is 3. The second-order valence-corrected chi connectivity index (χ2v) is 7.37. The van der Waals surface area contributed by atoms with Gasteiger partial charge in [-0.25, -0.2) is 0 Å². The monoisotopic (exact) mass is 343 g/mol. The molecular formula is C21H33N3O. The molecule has 1 aliphatic rings. The lowest BCUT2D eigenvalue weighted by atomic mass is 10.0. The molecule has 0 saturated carbocycles. The summed E-state index contributed by atoms with van der Waals surface area (Å²) in [4.78, 5) is 19.6. The van der Waals surface area contributed by atoms with Crippen molar-refractivity contribution in [2.24, 2.45) is 0 Å². The predicted octanol–water partition coefficient (Wildman–Crippen LogP) is 2.96. The van der Waals surface area contributed by atoms with Gasteiger partial charge in [-0.3, -0.25) is 9.69 Å². The van der Waals surface area contributed by atoms with Gasteiger partial charge in [0.15, 0.2) is 0 Å². The van der Waals surface area contributed by atoms with Crippen molar-refractivity contribution in [1.82, 2.24) is 14.7 Å². The lowest BCUT2D eigenvalue weighted by molar-refractivity contribution is -0.130. The average molecular weight is 344 g/mol. The number of likely N-dealkylation sites (N-methyl/N-ethyl adjacent to an activating group) is 1. The Balaban J connectivity index is 2.04. The van der Waals surface area contributed by atoms with Crippen molar-refractivity contribution in [1.29, 1.82) is 0 Å². The maximum absolute atomic E-state index is 12.8. The Hall–Kier alpha value is -1.65. The van der Waals surface area contributed by atoms with Crippen LogP contribution in [-0.4, -0.2) is 73.0 Å². The summed E-state index contributed by atoms with van der Waals surface area (Å²) in [5.74, 6) is 0.145. The number of allylic oxidation sites excluding steroid dienone is 1. The Morgan fingerprint density at radius 1 is 1.16 bits per heavy atom. The van der Waals surface area contributed by atoms with E-state index in [1.807, 2.05) is 29.2 Å². The van der Waals surface area contributed by atoms with E-state index in [4.69, 9.17) is 0 Å². The van der Waals surface area contributed by atoms with E-state index in [2.05, 4.69) is 56.8 Å². The van der Waals surface area contributed by atoms with E-state index in [-0.39, 0.29) is 5.91 Å². The SMILES string of the molecule is CC/C(=C\C(=O)N1CC(C)N(CCN(C)C)C(C)C1)c1ccccc1. The van der Waals surface area contributed by atoms with Crippen molar-refractivity contribution < 1.29 is 4.79 Å². The minimum absolute atomic E-state index is 0.145. The van der Waals surface area contributed by atoms with E-state index >= 15 is 0 Å². The topological polar surface area (TPSA) is 26.8 Å². The third-order valence-electron chi connectivity index (χ3n) is 5.04. The first-order chi connectivity index (χ1) is 11.9. The van der Waals surface area contributed by atoms with Crippen LogP contribution in [0.4, 0.5) is 0 Å². The first kappa shape index (κ1) is 19.7. The lowest BCUT2D eigenvalue weighted by Gasteiger charge is -2.44. The zero-order valence-corrected chi connectivity index (χ0v) is 16.4. The van der Waals surface area contributed by atoms with Crippen molar-refractivity contribution in [2.75, 3.05) is 40.3 Å². The van der Waals surface area contributed by atoms with E-state index in [1.54, 1.807) is 0 Å². The maximum atomic E-state index is 12.8. The van der Waals surface area contributed by atoms with Gasteiger partial charge in [0, 0.05) is 44.3 Å². The highest BCUT2D eigenvalue weighted by Gasteiger charge is 2.30. The van der Waals surface area contributed by atoms with Gasteiger partial charge in [0.1, 0.15) is 0 Å². The molecule has 0 radical (unpaired) electrons. The molecule has 2 rings (SSSR count). The number of nitrogens with zero attached hydrogens (tertiary/aromatic N) is 3. The highest BCUT2D eigenvalue weighted by Crippen LogP contribution is 2.20. The number of benzene rings is 1. The molecule has 0 spiro atoms. The Morgan fingerprint density at radius 3 is 2.28 bits per heavy atom. The molecule has 1 aromatic rings. The summed E-state index contributed by atoms with van der Waals surface area (Å²) in [7, 11) is 4.21. The molecule has 0 N–H and O–H groups in total. The molecule has 0 bridgehead atoms. The standard InChI is InChI=1S/C21H33N3O/c1-6-19(20-10-8-7-9-11-20)14-21(25)23-15-17(2)24(18(3)16-23)13-12-22(4)5/h7-11,14,17-18H,6,12-13,15-16H2,1-5H3/b19-14+. The van der Waals surface area contributed by atoms with Crippen LogP contribution >= 0.6 is 0 Å². The average Bonchev–Trinajstić information content (AvgIpc) is 2.59. The summed E-state index contributed by atoms with van der Waals surface area (Å²) >= 11 is 0. The van der Waals surface area contributed by atoms with Crippen LogP contribution in [0.1, 0.15) is 32.8 Å². The molecule has 1 aromatic carbocycles. The quantitative estimate of drug-likeness (QED) is 0.743. The minimum Gasteiger partial charge on any atom is -0.336 e. The molecule has 2 unspecified atom stereocenters. The largest absolute Gasteiger partial charge is 0.336 e. The smallest absolute Gasteiger partial charge is 0.246 e. The van der Waals surface area contributed by atoms with Crippen LogP contribution in [0.2, 0.25) is 0 Å². The second kappa shape index (κ2) is 9.16. The Kier molecular flexibility index (Phi) is 7.21. The van der Waals surface area contributed by atoms with Gasteiger partial charge in [-0.2, -0.15) is 0 Å². The van der Waals surface area contributed by atoms with Gasteiger partial charge in [-0.15, -0.1) is 0 Å². The van der Waals surface area contributed by atoms with Crippen LogP contribution in [0, 0.1) is 0 Å². The predicted molar refractivity (Wildman–Crippen MR) is 105 cm³/mol. The fourth-order valence-corrected chi connectivity index (χ4v) is 3.57. The number of piperazine rings is 1. The first-order valence-electron chi connectivity index (χ1n) is 9.37. The van der Waals surface area contributed by atoms with Crippen LogP contribution in [0.15, 0.2) is 36.4 Å². The number of carbonyl (C=O) groups excluding carboxylic acids is 1. The molecule has 0 aliphatic carbocycles. The molecule has 1 fully saturated rings. The van der Waals surface area contributed by atoms with Crippen LogP contribution in [-0.2, 0) is 4.79 Å². The fourth-order valence-electron chi connectivity index (χ4n) is 3.57. The molecule has 1 heterocycles. The molecule has 1 amide bonds. The summed E-state index contributed by atoms with van der Waals surface area (Å²) < 4.78 is 0. The molecule has 4 nitrogen and oxygen atoms in total. The first-order valence-corrected chi connectivity index (χ1v) is 9.37. The lowest BCUT2D eigenvalue weighted by Crippen LogP contribution is -2.58. The van der Waals surface area contributed by atoms with Crippen molar-refractivity contribution >= 4 is 11.5 Å². The van der Waals surface area contributed by atoms with E-state index in [0.717, 1.165) is 43.7 Å². The molecule has 1 aliphatic heterocycles. The van der Waals surface area contributed by atoms with Gasteiger partial charge in [0.05, 0.1) is 0 Å². The molecule has 25 heavy (non-hydrogen) atoms. The van der Waals surface area contributed by atoms with Gasteiger partial charge < -0.3 is 9.80 Å². The van der Waals surface area contributed by atoms with Gasteiger partial charge in [-0.05, 0) is 45.5 Å². The van der Waals surface area contributed by atoms with Gasteiger partial charge in [-0.1, -0.05) is 37.3 Å². The van der Waals surface area contributed by atoms with Crippen molar-refractivity contribution in [2.45, 2.75) is 39.3 Å². The van der Waals surface area contributed by atoms with Crippen molar-refractivity contribution in [3.63, 3.8) is 0 Å². The highest BCUT2D eigenvalue weighted by atomic mass is 16.2. The second-order valence-electron chi connectivity index (χ2n) is 7.37. The van der Waals surface area contributed by atoms with Gasteiger partial charge in [0.2, 0.25) is 5.91 Å². The van der Waals surface area contributed by atoms with Crippen LogP contribution < -0.4 is 0 Å². The molecular weight excluding hydrogens is 310 g/mol. The van der Waals surface area contributed by atoms with Crippen LogP contribution in [0.5, 0.6) is 0 Å². The Morgan fingerprint density at radius 2 is 1.76 bits per heavy atom. The minimum atomic E-state index is 0.145. The molecule has 0 aromatic heterocycles. The number of rotatable bonds is 6. The van der Waals surface area contributed by atoms with Crippen molar-refractivity contribution in [3.8, 4) is 0 Å². The normalized spacial score (nSPS) is 22.5. The summed E-state index contributed by atoms with van der Waals surface area (Å²) in [5, 5.41) is 0. The van der Waals surface area contributed by atoms with Crippen molar-refractivity contribution in [3.05, 3.63) is 42.0 Å². The number of hydrogen-bond donors (Lipinski definition) is 0. The maximum Gasteiger partial charge on any atom is 0.246 e. The number of amides is 1. The van der Waals surface area contributed by atoms with E-state index in [1.165, 1.54) is 0 Å². The summed E-state index contributed by atoms with van der Waals surface area (Å²) in [5.41, 5.74) is 2.25. The fraction of sp³-hybridized carbons (Fsp3) is 0.571. The highest BCUT2D eigenvalue weighted by molar-refractivity contribution is 5.95. The Bertz CT molecular complexity index is 570. The van der Waals surface area contributed by atoms with E-state index < -0.39 is 0 Å². The summed E-state index contributed by atoms with van der Waals surface area (Å²) in [6, 6.07) is 11.0. The zero-order valence-electron chi connectivity index (χ0n) is 16.4. The molecule has 1 saturated heterocycles. The van der Waals surface area contributed by atoms with Gasteiger partial charge >= 0.3 is 0 Å². The summed E-state index contributed by atoms with van der Waals surface area (Å²) in [6.45, 7) is 10.3. The summed E-state index contributed by atoms with van der Waals surface area (Å²) in [6.07, 6.45) is 2.70. The molecule has 4 heteroatoms. The van der Waals surface area contributed by atoms with E-state index in [0.29, 0.717) is 12.1 Å². The van der Waals surface area contributed by atoms with Crippen LogP contribution in [0.25, 0.3) is 5.57 Å². The van der Waals surface area contributed by atoms with E-state index in [9.17, 15) is 4.79 Å². The third kappa shape index (κ3) is 5.41. The van der Waals surface area contributed by atoms with Gasteiger partial charge in [0.25, 0.3) is 0 Å². The molecule has 138 valence electrons. The number of carbonyl (C=O) groups is 1. The third-order valence-corrected chi connectivity index (χ3v) is 5.04. The zero-order chi connectivity index (χ0) is 18.4. The molecule has 2 atom stereocenters. The Labute approximate surface area is 153 Å². The van der Waals surface area contributed by atoms with Crippen LogP contribution in [0.3, 0.4) is 0 Å².